The first-order valence-corrected chi connectivity index (χ1v) is 13.9. The van der Waals surface area contributed by atoms with Gasteiger partial charge in [-0.25, -0.2) is 4.98 Å². The van der Waals surface area contributed by atoms with Gasteiger partial charge in [0.25, 0.3) is 5.56 Å². The number of aromatic nitrogens is 2. The molecule has 1 amide bonds. The quantitative estimate of drug-likeness (QED) is 0.259. The van der Waals surface area contributed by atoms with E-state index in [9.17, 15) is 9.59 Å². The lowest BCUT2D eigenvalue weighted by atomic mass is 9.84. The van der Waals surface area contributed by atoms with Crippen LogP contribution in [0.25, 0.3) is 16.7 Å². The molecule has 1 saturated carbocycles. The number of hydrogen-bond donors (Lipinski definition) is 2. The fourth-order valence-corrected chi connectivity index (χ4v) is 6.04. The second-order valence-electron chi connectivity index (χ2n) is 10.3. The number of carbonyl (C=O) groups is 1. The fourth-order valence-electron chi connectivity index (χ4n) is 5.53. The molecule has 8 heteroatoms. The molecule has 38 heavy (non-hydrogen) atoms. The third-order valence-electron chi connectivity index (χ3n) is 7.75. The molecule has 1 unspecified atom stereocenters. The van der Waals surface area contributed by atoms with Gasteiger partial charge in [-0.05, 0) is 38.0 Å². The molecule has 0 bridgehead atoms. The number of hydrogen-bond acceptors (Lipinski definition) is 6. The molecule has 1 N–H and O–H groups in total. The van der Waals surface area contributed by atoms with Gasteiger partial charge in [0.15, 0.2) is 0 Å². The van der Waals surface area contributed by atoms with Gasteiger partial charge in [-0.3, -0.25) is 14.2 Å². The molecule has 7 nitrogen and oxygen atoms in total. The van der Waals surface area contributed by atoms with Crippen LogP contribution in [0, 0.1) is 6.92 Å². The molecule has 6 rings (SSSR count). The molecule has 1 aliphatic carbocycles. The lowest BCUT2D eigenvalue weighted by molar-refractivity contribution is -0.132. The summed E-state index contributed by atoms with van der Waals surface area (Å²) in [5, 5.41) is 3.84. The number of benzene rings is 2. The van der Waals surface area contributed by atoms with Crippen LogP contribution in [0.1, 0.15) is 65.4 Å². The van der Waals surface area contributed by atoms with Crippen LogP contribution in [-0.4, -0.2) is 33.4 Å². The number of amides is 1. The van der Waals surface area contributed by atoms with Crippen LogP contribution >= 0.6 is 12.6 Å². The fraction of sp³-hybridized carbons (Fsp3) is 0.367. The maximum Gasteiger partial charge on any atom is 0.264 e. The van der Waals surface area contributed by atoms with Crippen molar-refractivity contribution >= 4 is 29.5 Å². The second-order valence-corrected chi connectivity index (χ2v) is 10.8. The van der Waals surface area contributed by atoms with Crippen LogP contribution in [0.5, 0.6) is 0 Å². The highest BCUT2D eigenvalue weighted by Gasteiger charge is 2.35. The molecule has 1 fully saturated rings. The zero-order valence-electron chi connectivity index (χ0n) is 21.5. The molecule has 0 spiro atoms. The van der Waals surface area contributed by atoms with Gasteiger partial charge in [-0.1, -0.05) is 42.8 Å². The van der Waals surface area contributed by atoms with Crippen molar-refractivity contribution < 1.29 is 9.21 Å². The summed E-state index contributed by atoms with van der Waals surface area (Å²) in [6, 6.07) is 17.8. The second kappa shape index (κ2) is 10.4. The molecule has 0 radical (unpaired) electrons. The molecule has 2 aliphatic rings. The molecular formula is C30H32N4O3S. The lowest BCUT2D eigenvalue weighted by Crippen LogP contribution is -2.44. The van der Waals surface area contributed by atoms with E-state index < -0.39 is 5.37 Å². The number of furan rings is 1. The zero-order valence-corrected chi connectivity index (χ0v) is 22.4. The molecule has 0 saturated heterocycles. The third-order valence-corrected chi connectivity index (χ3v) is 8.29. The molecule has 196 valence electrons. The first kappa shape index (κ1) is 24.9. The van der Waals surface area contributed by atoms with Gasteiger partial charge in [0.2, 0.25) is 5.91 Å². The highest BCUT2D eigenvalue weighted by molar-refractivity contribution is 7.80. The van der Waals surface area contributed by atoms with Crippen molar-refractivity contribution in [2.75, 3.05) is 13.1 Å². The Morgan fingerprint density at radius 2 is 1.97 bits per heavy atom. The summed E-state index contributed by atoms with van der Waals surface area (Å²) in [6.45, 7) is 3.59. The van der Waals surface area contributed by atoms with Gasteiger partial charge in [0, 0.05) is 49.3 Å². The van der Waals surface area contributed by atoms with Crippen LogP contribution in [0.2, 0.25) is 0 Å². The van der Waals surface area contributed by atoms with E-state index in [-0.39, 0.29) is 11.5 Å². The summed E-state index contributed by atoms with van der Waals surface area (Å²) in [7, 11) is 0. The first-order chi connectivity index (χ1) is 18.5. The van der Waals surface area contributed by atoms with Gasteiger partial charge >= 0.3 is 0 Å². The van der Waals surface area contributed by atoms with E-state index in [2.05, 4.69) is 5.32 Å². The summed E-state index contributed by atoms with van der Waals surface area (Å²) in [5.74, 6) is 2.00. The lowest BCUT2D eigenvalue weighted by Gasteiger charge is -2.35. The molecule has 4 aromatic rings. The number of nitrogens with one attached hydrogen (secondary N) is 1. The van der Waals surface area contributed by atoms with Crippen LogP contribution < -0.4 is 10.9 Å². The van der Waals surface area contributed by atoms with Crippen LogP contribution in [0.3, 0.4) is 0 Å². The average Bonchev–Trinajstić information content (AvgIpc) is 3.27. The largest absolute Gasteiger partial charge is 0.461 e. The predicted molar refractivity (Wildman–Crippen MR) is 151 cm³/mol. The number of fused-ring (bicyclic) bond motifs is 2. The van der Waals surface area contributed by atoms with E-state index in [1.807, 2.05) is 61.5 Å². The Morgan fingerprint density at radius 3 is 2.74 bits per heavy atom. The molecule has 3 heterocycles. The number of para-hydroxylation sites is 2. The number of rotatable bonds is 7. The molecule has 2 aromatic carbocycles. The first-order valence-electron chi connectivity index (χ1n) is 13.4. The number of aryl methyl sites for hydroxylation is 1. The van der Waals surface area contributed by atoms with Gasteiger partial charge in [0.05, 0.1) is 16.9 Å². The average molecular weight is 529 g/mol. The number of thiol groups is 1. The van der Waals surface area contributed by atoms with Crippen molar-refractivity contribution in [3.05, 3.63) is 93.4 Å². The summed E-state index contributed by atoms with van der Waals surface area (Å²) in [5.41, 5.74) is 3.96. The third kappa shape index (κ3) is 4.56. The van der Waals surface area contributed by atoms with Crippen LogP contribution in [-0.2, 0) is 17.8 Å². The molecule has 1 aliphatic heterocycles. The Labute approximate surface area is 227 Å². The summed E-state index contributed by atoms with van der Waals surface area (Å²) >= 11 is 4.79. The van der Waals surface area contributed by atoms with Gasteiger partial charge in [0.1, 0.15) is 22.5 Å². The maximum atomic E-state index is 13.9. The highest BCUT2D eigenvalue weighted by Crippen LogP contribution is 2.38. The Hall–Kier alpha value is -3.36. The summed E-state index contributed by atoms with van der Waals surface area (Å²) in [4.78, 5) is 33.9. The van der Waals surface area contributed by atoms with Crippen molar-refractivity contribution in [2.45, 2.75) is 56.9 Å². The maximum absolute atomic E-state index is 13.9. The SMILES string of the molecule is Cc1cc2cccc(CNCCC(=O)N3CCc4nc(C5CCC5)n(-c5ccccc5)c(=O)c4C3S)c2o1. The Morgan fingerprint density at radius 1 is 1.16 bits per heavy atom. The molecule has 1 atom stereocenters. The van der Waals surface area contributed by atoms with Gasteiger partial charge in [-0.2, -0.15) is 0 Å². The van der Waals surface area contributed by atoms with Crippen molar-refractivity contribution in [1.82, 2.24) is 19.8 Å². The topological polar surface area (TPSA) is 80.4 Å². The van der Waals surface area contributed by atoms with Gasteiger partial charge in [-0.15, -0.1) is 12.6 Å². The number of carbonyl (C=O) groups excluding carboxylic acids is 1. The van der Waals surface area contributed by atoms with Crippen molar-refractivity contribution in [1.29, 1.82) is 0 Å². The minimum atomic E-state index is -0.614. The van der Waals surface area contributed by atoms with E-state index in [1.165, 1.54) is 0 Å². The van der Waals surface area contributed by atoms with Crippen molar-refractivity contribution in [3.63, 3.8) is 0 Å². The van der Waals surface area contributed by atoms with E-state index in [0.29, 0.717) is 44.0 Å². The van der Waals surface area contributed by atoms with E-state index >= 15 is 0 Å². The van der Waals surface area contributed by atoms with Crippen molar-refractivity contribution in [3.8, 4) is 5.69 Å². The smallest absolute Gasteiger partial charge is 0.264 e. The number of nitrogens with zero attached hydrogens (tertiary/aromatic N) is 3. The molecule has 2 aromatic heterocycles. The Balaban J connectivity index is 1.18. The normalized spacial score (nSPS) is 17.4. The van der Waals surface area contributed by atoms with Gasteiger partial charge < -0.3 is 14.6 Å². The van der Waals surface area contributed by atoms with E-state index in [4.69, 9.17) is 22.0 Å². The van der Waals surface area contributed by atoms with Crippen LogP contribution in [0.15, 0.2) is 63.8 Å². The predicted octanol–water partition coefficient (Wildman–Crippen LogP) is 5.05. The summed E-state index contributed by atoms with van der Waals surface area (Å²) in [6.07, 6.45) is 4.15. The molecular weight excluding hydrogens is 496 g/mol. The highest BCUT2D eigenvalue weighted by atomic mass is 32.1. The standard InChI is InChI=1S/C30H32N4O3S/c1-19-17-21-9-6-10-22(27(21)37-19)18-31-15-13-25(35)33-16-14-24-26(30(33)38)29(36)34(23-11-3-2-4-12-23)28(32-24)20-7-5-8-20/h2-4,6,9-12,17,20,30-31,38H,5,7-8,13-16,18H2,1H3. The van der Waals surface area contributed by atoms with E-state index in [0.717, 1.165) is 58.8 Å². The summed E-state index contributed by atoms with van der Waals surface area (Å²) < 4.78 is 7.59. The minimum absolute atomic E-state index is 0.0241. The van der Waals surface area contributed by atoms with E-state index in [1.54, 1.807) is 9.47 Å². The zero-order chi connectivity index (χ0) is 26.2. The minimum Gasteiger partial charge on any atom is -0.461 e. The Bertz CT molecular complexity index is 1540. The monoisotopic (exact) mass is 528 g/mol. The van der Waals surface area contributed by atoms with Crippen LogP contribution in [0.4, 0.5) is 0 Å². The van der Waals surface area contributed by atoms with Crippen molar-refractivity contribution in [2.24, 2.45) is 0 Å². The Kier molecular flexibility index (Phi) is 6.84.